The summed E-state index contributed by atoms with van der Waals surface area (Å²) in [5, 5.41) is 9.42. The number of carbonyl (C=O) groups excluding carboxylic acids is 3. The minimum Gasteiger partial charge on any atom is -0.497 e. The quantitative estimate of drug-likeness (QED) is 0.281. The first-order valence-corrected chi connectivity index (χ1v) is 14.3. The summed E-state index contributed by atoms with van der Waals surface area (Å²) in [6, 6.07) is 6.29. The van der Waals surface area contributed by atoms with Crippen LogP contribution in [0, 0.1) is 11.8 Å². The molecule has 1 N–H and O–H groups in total. The second kappa shape index (κ2) is 12.1. The molecule has 3 saturated heterocycles. The van der Waals surface area contributed by atoms with Crippen LogP contribution in [0.15, 0.2) is 49.6 Å². The zero-order valence-electron chi connectivity index (χ0n) is 24.0. The number of aliphatic hydroxyl groups is 1. The summed E-state index contributed by atoms with van der Waals surface area (Å²) in [7, 11) is 1.58. The molecule has 1 aromatic rings. The van der Waals surface area contributed by atoms with Crippen molar-refractivity contribution in [3.8, 4) is 5.75 Å². The van der Waals surface area contributed by atoms with E-state index in [0.29, 0.717) is 56.8 Å². The van der Waals surface area contributed by atoms with Crippen molar-refractivity contribution >= 4 is 23.4 Å². The Hall–Kier alpha value is -3.17. The van der Waals surface area contributed by atoms with E-state index in [2.05, 4.69) is 13.2 Å². The fourth-order valence-electron chi connectivity index (χ4n) is 6.99. The van der Waals surface area contributed by atoms with E-state index in [4.69, 9.17) is 9.47 Å². The Kier molecular flexibility index (Phi) is 9.05. The Balaban J connectivity index is 1.77. The molecule has 9 nitrogen and oxygen atoms in total. The molecule has 3 fully saturated rings. The Morgan fingerprint density at radius 3 is 2.45 bits per heavy atom. The van der Waals surface area contributed by atoms with Gasteiger partial charge in [0, 0.05) is 38.5 Å². The van der Waals surface area contributed by atoms with Crippen LogP contribution in [-0.4, -0.2) is 89.8 Å². The zero-order chi connectivity index (χ0) is 29.1. The highest BCUT2D eigenvalue weighted by atomic mass is 16.5. The summed E-state index contributed by atoms with van der Waals surface area (Å²) in [4.78, 5) is 47.8. The third kappa shape index (κ3) is 4.94. The molecule has 1 spiro atoms. The second-order valence-electron chi connectivity index (χ2n) is 11.2. The van der Waals surface area contributed by atoms with Gasteiger partial charge in [-0.2, -0.15) is 0 Å². The number of aliphatic hydroxyl groups excluding tert-OH is 1. The summed E-state index contributed by atoms with van der Waals surface area (Å²) in [5.41, 5.74) is -1.30. The third-order valence-electron chi connectivity index (χ3n) is 8.70. The lowest BCUT2D eigenvalue weighted by molar-refractivity contribution is -0.149. The van der Waals surface area contributed by atoms with Crippen molar-refractivity contribution in [3.63, 3.8) is 0 Å². The Morgan fingerprint density at radius 2 is 1.85 bits per heavy atom. The van der Waals surface area contributed by atoms with Gasteiger partial charge < -0.3 is 29.3 Å². The molecule has 40 heavy (non-hydrogen) atoms. The minimum atomic E-state index is -1.11. The largest absolute Gasteiger partial charge is 0.497 e. The van der Waals surface area contributed by atoms with Crippen molar-refractivity contribution in [2.24, 2.45) is 11.8 Å². The molecule has 1 aromatic carbocycles. The lowest BCUT2D eigenvalue weighted by atomic mass is 9.66. The number of fused-ring (bicyclic) bond motifs is 1. The molecule has 3 amide bonds. The van der Waals surface area contributed by atoms with Crippen LogP contribution < -0.4 is 9.64 Å². The Labute approximate surface area is 237 Å². The molecule has 2 unspecified atom stereocenters. The predicted octanol–water partition coefficient (Wildman–Crippen LogP) is 3.18. The number of likely N-dealkylation sites (tertiary alicyclic amines) is 1. The smallest absolute Gasteiger partial charge is 0.253 e. The van der Waals surface area contributed by atoms with Gasteiger partial charge in [0.1, 0.15) is 17.4 Å². The van der Waals surface area contributed by atoms with Gasteiger partial charge in [-0.25, -0.2) is 0 Å². The average Bonchev–Trinajstić information content (AvgIpc) is 3.52. The van der Waals surface area contributed by atoms with E-state index >= 15 is 0 Å². The maximum absolute atomic E-state index is 14.5. The molecule has 0 saturated carbocycles. The van der Waals surface area contributed by atoms with Crippen LogP contribution >= 0.6 is 0 Å². The highest BCUT2D eigenvalue weighted by Gasteiger charge is 2.78. The predicted molar refractivity (Wildman–Crippen MR) is 153 cm³/mol. The molecule has 5 atom stereocenters. The van der Waals surface area contributed by atoms with Gasteiger partial charge in [0.25, 0.3) is 5.91 Å². The maximum Gasteiger partial charge on any atom is 0.253 e. The van der Waals surface area contributed by atoms with Crippen LogP contribution in [0.5, 0.6) is 5.75 Å². The van der Waals surface area contributed by atoms with Crippen LogP contribution in [0.1, 0.15) is 46.0 Å². The molecule has 3 heterocycles. The summed E-state index contributed by atoms with van der Waals surface area (Å²) in [6.45, 7) is 13.1. The number of carbonyl (C=O) groups is 3. The number of rotatable bonds is 14. The molecule has 4 rings (SSSR count). The molecule has 2 bridgehead atoms. The summed E-state index contributed by atoms with van der Waals surface area (Å²) in [6.07, 6.45) is 6.26. The molecule has 218 valence electrons. The van der Waals surface area contributed by atoms with Crippen molar-refractivity contribution in [2.75, 3.05) is 44.8 Å². The van der Waals surface area contributed by atoms with E-state index in [0.717, 1.165) is 6.42 Å². The standard InChI is InChI=1S/C31H43N3O6/c1-6-17-32(18-7-2)27(36)24-25-28(37)34(20-9-10-21-35)26(31(25)16-15-30(24,4)40-31)29(38)33(19-8-3)22-11-13-23(39-5)14-12-22/h6,8,11-14,24-26,35H,1,3,7,9-10,15-21H2,2,4-5H3/t24-,25+,26?,30+,31?/m1/s1. The lowest BCUT2D eigenvalue weighted by Gasteiger charge is -2.37. The second-order valence-corrected chi connectivity index (χ2v) is 11.2. The number of hydrogen-bond acceptors (Lipinski definition) is 6. The maximum atomic E-state index is 14.5. The normalized spacial score (nSPS) is 28.4. The monoisotopic (exact) mass is 553 g/mol. The minimum absolute atomic E-state index is 0.00708. The summed E-state index contributed by atoms with van der Waals surface area (Å²) >= 11 is 0. The van der Waals surface area contributed by atoms with Crippen molar-refractivity contribution < 1.29 is 29.0 Å². The van der Waals surface area contributed by atoms with Crippen molar-refractivity contribution in [3.05, 3.63) is 49.6 Å². The van der Waals surface area contributed by atoms with Crippen LogP contribution in [-0.2, 0) is 19.1 Å². The lowest BCUT2D eigenvalue weighted by Crippen LogP contribution is -2.56. The first kappa shape index (κ1) is 29.8. The topological polar surface area (TPSA) is 99.6 Å². The van der Waals surface area contributed by atoms with Gasteiger partial charge in [-0.05, 0) is 63.3 Å². The van der Waals surface area contributed by atoms with Gasteiger partial charge >= 0.3 is 0 Å². The number of ether oxygens (including phenoxy) is 2. The number of anilines is 1. The fourth-order valence-corrected chi connectivity index (χ4v) is 6.99. The summed E-state index contributed by atoms with van der Waals surface area (Å²) < 4.78 is 12.1. The molecule has 0 radical (unpaired) electrons. The number of unbranched alkanes of at least 4 members (excludes halogenated alkanes) is 1. The van der Waals surface area contributed by atoms with Crippen molar-refractivity contribution in [2.45, 2.75) is 63.2 Å². The van der Waals surface area contributed by atoms with Crippen LogP contribution in [0.2, 0.25) is 0 Å². The van der Waals surface area contributed by atoms with E-state index in [9.17, 15) is 19.5 Å². The first-order valence-electron chi connectivity index (χ1n) is 14.3. The molecule has 0 aliphatic carbocycles. The van der Waals surface area contributed by atoms with E-state index < -0.39 is 29.1 Å². The average molecular weight is 554 g/mol. The van der Waals surface area contributed by atoms with Crippen LogP contribution in [0.4, 0.5) is 5.69 Å². The van der Waals surface area contributed by atoms with Gasteiger partial charge in [0.05, 0.1) is 24.5 Å². The number of benzene rings is 1. The number of amides is 3. The highest BCUT2D eigenvalue weighted by molar-refractivity contribution is 6.05. The third-order valence-corrected chi connectivity index (χ3v) is 8.70. The molecule has 0 aromatic heterocycles. The Morgan fingerprint density at radius 1 is 1.15 bits per heavy atom. The van der Waals surface area contributed by atoms with E-state index in [1.807, 2.05) is 13.8 Å². The van der Waals surface area contributed by atoms with Gasteiger partial charge in [-0.1, -0.05) is 19.1 Å². The van der Waals surface area contributed by atoms with Crippen molar-refractivity contribution in [1.29, 1.82) is 0 Å². The van der Waals surface area contributed by atoms with Gasteiger partial charge in [-0.15, -0.1) is 13.2 Å². The molecule has 3 aliphatic heterocycles. The number of hydrogen-bond donors (Lipinski definition) is 1. The molecule has 3 aliphatic rings. The summed E-state index contributed by atoms with van der Waals surface area (Å²) in [5.74, 6) is -1.39. The molecular formula is C31H43N3O6. The van der Waals surface area contributed by atoms with Crippen molar-refractivity contribution in [1.82, 2.24) is 9.80 Å². The van der Waals surface area contributed by atoms with E-state index in [1.165, 1.54) is 0 Å². The van der Waals surface area contributed by atoms with Crippen LogP contribution in [0.3, 0.4) is 0 Å². The van der Waals surface area contributed by atoms with Gasteiger partial charge in [0.15, 0.2) is 0 Å². The van der Waals surface area contributed by atoms with Gasteiger partial charge in [-0.3, -0.25) is 14.4 Å². The molecule has 9 heteroatoms. The van der Waals surface area contributed by atoms with E-state index in [-0.39, 0.29) is 30.9 Å². The first-order chi connectivity index (χ1) is 19.2. The molecular weight excluding hydrogens is 510 g/mol. The Bertz CT molecular complexity index is 1120. The number of methoxy groups -OCH3 is 1. The van der Waals surface area contributed by atoms with E-state index in [1.54, 1.807) is 58.2 Å². The highest BCUT2D eigenvalue weighted by Crippen LogP contribution is 2.63. The SMILES string of the molecule is C=CCN(CCC)C(=O)[C@H]1[C@H]2C(=O)N(CCCCO)C(C(=O)N(CC=C)c3ccc(OC)cc3)C23CC[C@]1(C)O3. The fraction of sp³-hybridized carbons (Fsp3) is 0.581. The van der Waals surface area contributed by atoms with Gasteiger partial charge in [0.2, 0.25) is 11.8 Å². The number of nitrogens with zero attached hydrogens (tertiary/aromatic N) is 3. The zero-order valence-corrected chi connectivity index (χ0v) is 24.0. The van der Waals surface area contributed by atoms with Crippen LogP contribution in [0.25, 0.3) is 0 Å².